The summed E-state index contributed by atoms with van der Waals surface area (Å²) in [6.07, 6.45) is 18.8. The van der Waals surface area contributed by atoms with Crippen molar-refractivity contribution in [1.82, 2.24) is 0 Å². The quantitative estimate of drug-likeness (QED) is 0.180. The van der Waals surface area contributed by atoms with E-state index in [1.165, 1.54) is 151 Å². The van der Waals surface area contributed by atoms with Gasteiger partial charge in [-0.1, -0.05) is 120 Å². The molecule has 51 heavy (non-hydrogen) atoms. The van der Waals surface area contributed by atoms with Gasteiger partial charge in [-0.2, -0.15) is 0 Å². The Morgan fingerprint density at radius 2 is 0.922 bits per heavy atom. The summed E-state index contributed by atoms with van der Waals surface area (Å²) in [6.45, 7) is 4.92. The predicted molar refractivity (Wildman–Crippen MR) is 215 cm³/mol. The molecule has 5 aliphatic rings. The molecule has 1 heteroatoms. The molecule has 0 aliphatic heterocycles. The van der Waals surface area contributed by atoms with E-state index in [2.05, 4.69) is 122 Å². The standard InChI is InChI=1S/C50H53N/c1-49(2)46-31-40(27-28-42(46)43-33-48-44(32-47(43)49)41-17-9-10-18-45(41)50(48)29-11-12-30-50)51(38-23-19-36(20-24-38)34-13-5-3-6-14-34)39-25-21-37(22-26-39)35-15-7-4-8-16-35/h9-10,17-28,31-35H,3-8,11-16,29-30H2,1-2H3. The zero-order valence-corrected chi connectivity index (χ0v) is 30.8. The monoisotopic (exact) mass is 667 g/mol. The first-order valence-corrected chi connectivity index (χ1v) is 20.5. The van der Waals surface area contributed by atoms with Gasteiger partial charge in [-0.3, -0.25) is 0 Å². The van der Waals surface area contributed by atoms with Crippen molar-refractivity contribution < 1.29 is 0 Å². The molecule has 0 amide bonds. The van der Waals surface area contributed by atoms with Gasteiger partial charge in [0.2, 0.25) is 0 Å². The third-order valence-corrected chi connectivity index (χ3v) is 14.2. The second kappa shape index (κ2) is 12.3. The summed E-state index contributed by atoms with van der Waals surface area (Å²) in [5.74, 6) is 1.43. The van der Waals surface area contributed by atoms with Crippen LogP contribution in [0.4, 0.5) is 17.1 Å². The highest BCUT2D eigenvalue weighted by molar-refractivity contribution is 5.91. The molecule has 1 nitrogen and oxygen atoms in total. The van der Waals surface area contributed by atoms with Crippen LogP contribution in [0, 0.1) is 0 Å². The second-order valence-electron chi connectivity index (χ2n) is 17.3. The Bertz CT molecular complexity index is 2020. The van der Waals surface area contributed by atoms with Gasteiger partial charge in [-0.25, -0.2) is 0 Å². The van der Waals surface area contributed by atoms with Gasteiger partial charge in [-0.05, 0) is 155 Å². The lowest BCUT2D eigenvalue weighted by Crippen LogP contribution is -2.21. The fraction of sp³-hybridized carbons (Fsp3) is 0.400. The minimum absolute atomic E-state index is 0.0859. The number of hydrogen-bond acceptors (Lipinski definition) is 1. The number of fused-ring (bicyclic) bond motifs is 8. The first-order chi connectivity index (χ1) is 25.0. The van der Waals surface area contributed by atoms with Gasteiger partial charge in [0, 0.05) is 27.9 Å². The molecule has 0 radical (unpaired) electrons. The summed E-state index contributed by atoms with van der Waals surface area (Å²) in [5.41, 5.74) is 18.9. The number of anilines is 3. The second-order valence-corrected chi connectivity index (χ2v) is 17.3. The van der Waals surface area contributed by atoms with Crippen LogP contribution in [0.3, 0.4) is 0 Å². The van der Waals surface area contributed by atoms with Gasteiger partial charge in [0.15, 0.2) is 0 Å². The summed E-state index contributed by atoms with van der Waals surface area (Å²) in [5, 5.41) is 0. The number of nitrogens with zero attached hydrogens (tertiary/aromatic N) is 1. The lowest BCUT2D eigenvalue weighted by atomic mass is 9.75. The van der Waals surface area contributed by atoms with Crippen LogP contribution in [0.15, 0.2) is 103 Å². The molecule has 258 valence electrons. The van der Waals surface area contributed by atoms with Gasteiger partial charge < -0.3 is 4.90 Å². The smallest absolute Gasteiger partial charge is 0.0465 e. The van der Waals surface area contributed by atoms with Crippen LogP contribution in [0.25, 0.3) is 22.3 Å². The van der Waals surface area contributed by atoms with Gasteiger partial charge in [-0.15, -0.1) is 0 Å². The van der Waals surface area contributed by atoms with E-state index in [9.17, 15) is 0 Å². The first kappa shape index (κ1) is 31.6. The fourth-order valence-corrected chi connectivity index (χ4v) is 11.4. The van der Waals surface area contributed by atoms with Crippen molar-refractivity contribution in [1.29, 1.82) is 0 Å². The average Bonchev–Trinajstić information content (AvgIpc) is 3.85. The van der Waals surface area contributed by atoms with Crippen LogP contribution in [-0.2, 0) is 10.8 Å². The van der Waals surface area contributed by atoms with E-state index in [-0.39, 0.29) is 10.8 Å². The molecule has 1 spiro atoms. The van der Waals surface area contributed by atoms with Crippen LogP contribution in [0.1, 0.15) is 149 Å². The van der Waals surface area contributed by atoms with E-state index in [4.69, 9.17) is 0 Å². The maximum Gasteiger partial charge on any atom is 0.0465 e. The Balaban J connectivity index is 1.06. The average molecular weight is 668 g/mol. The third kappa shape index (κ3) is 5.01. The van der Waals surface area contributed by atoms with E-state index in [1.807, 2.05) is 0 Å². The normalized spacial score (nSPS) is 20.2. The fourth-order valence-electron chi connectivity index (χ4n) is 11.4. The summed E-state index contributed by atoms with van der Waals surface area (Å²) in [7, 11) is 0. The van der Waals surface area contributed by atoms with E-state index in [0.29, 0.717) is 11.8 Å². The lowest BCUT2D eigenvalue weighted by Gasteiger charge is -2.29. The highest BCUT2D eigenvalue weighted by Gasteiger charge is 2.47. The van der Waals surface area contributed by atoms with Crippen molar-refractivity contribution in [3.05, 3.63) is 137 Å². The molecule has 3 saturated carbocycles. The van der Waals surface area contributed by atoms with Crippen LogP contribution in [0.2, 0.25) is 0 Å². The maximum absolute atomic E-state index is 2.63. The highest BCUT2D eigenvalue weighted by atomic mass is 15.1. The summed E-state index contributed by atoms with van der Waals surface area (Å²) in [4.78, 5) is 2.53. The zero-order chi connectivity index (χ0) is 34.2. The zero-order valence-electron chi connectivity index (χ0n) is 30.8. The van der Waals surface area contributed by atoms with Crippen molar-refractivity contribution in [3.63, 3.8) is 0 Å². The van der Waals surface area contributed by atoms with Gasteiger partial charge in [0.1, 0.15) is 0 Å². The maximum atomic E-state index is 2.63. The van der Waals surface area contributed by atoms with Crippen LogP contribution in [-0.4, -0.2) is 0 Å². The lowest BCUT2D eigenvalue weighted by molar-refractivity contribution is 0.443. The number of rotatable bonds is 5. The van der Waals surface area contributed by atoms with Crippen molar-refractivity contribution in [2.75, 3.05) is 4.90 Å². The van der Waals surface area contributed by atoms with E-state index in [1.54, 1.807) is 11.1 Å². The topological polar surface area (TPSA) is 3.24 Å². The minimum Gasteiger partial charge on any atom is -0.310 e. The molecule has 5 aromatic carbocycles. The Morgan fingerprint density at radius 3 is 1.53 bits per heavy atom. The number of hydrogen-bond donors (Lipinski definition) is 0. The van der Waals surface area contributed by atoms with Gasteiger partial charge >= 0.3 is 0 Å². The van der Waals surface area contributed by atoms with Gasteiger partial charge in [0.05, 0.1) is 0 Å². The van der Waals surface area contributed by atoms with E-state index >= 15 is 0 Å². The summed E-state index contributed by atoms with van der Waals surface area (Å²) >= 11 is 0. The molecule has 0 unspecified atom stereocenters. The number of benzene rings is 5. The largest absolute Gasteiger partial charge is 0.310 e. The SMILES string of the molecule is CC1(C)c2cc(N(c3ccc(C4CCCCC4)cc3)c3ccc(C4CCCCC4)cc3)ccc2-c2cc3c(cc21)-c1ccccc1C31CCCC1. The highest BCUT2D eigenvalue weighted by Crippen LogP contribution is 2.60. The molecular formula is C50H53N. The minimum atomic E-state index is -0.0859. The Labute approximate surface area is 306 Å². The van der Waals surface area contributed by atoms with E-state index in [0.717, 1.165) is 0 Å². The molecular weight excluding hydrogens is 615 g/mol. The molecule has 5 aliphatic carbocycles. The molecule has 0 aromatic heterocycles. The molecule has 10 rings (SSSR count). The summed E-state index contributed by atoms with van der Waals surface area (Å²) in [6, 6.07) is 41.3. The van der Waals surface area contributed by atoms with Crippen molar-refractivity contribution in [2.24, 2.45) is 0 Å². The van der Waals surface area contributed by atoms with Crippen molar-refractivity contribution in [2.45, 2.75) is 126 Å². The van der Waals surface area contributed by atoms with Gasteiger partial charge in [0.25, 0.3) is 0 Å². The Morgan fingerprint density at radius 1 is 0.431 bits per heavy atom. The summed E-state index contributed by atoms with van der Waals surface area (Å²) < 4.78 is 0. The Hall–Kier alpha value is -4.10. The molecule has 5 aromatic rings. The molecule has 0 N–H and O–H groups in total. The Kier molecular flexibility index (Phi) is 7.60. The van der Waals surface area contributed by atoms with E-state index < -0.39 is 0 Å². The third-order valence-electron chi connectivity index (χ3n) is 14.2. The van der Waals surface area contributed by atoms with Crippen LogP contribution >= 0.6 is 0 Å². The van der Waals surface area contributed by atoms with Crippen molar-refractivity contribution in [3.8, 4) is 22.3 Å². The van der Waals surface area contributed by atoms with Crippen LogP contribution < -0.4 is 4.90 Å². The van der Waals surface area contributed by atoms with Crippen molar-refractivity contribution >= 4 is 17.1 Å². The molecule has 3 fully saturated rings. The molecule has 0 heterocycles. The first-order valence-electron chi connectivity index (χ1n) is 20.5. The predicted octanol–water partition coefficient (Wildman–Crippen LogP) is 14.4. The molecule has 0 saturated heterocycles. The molecule has 0 atom stereocenters. The van der Waals surface area contributed by atoms with Crippen LogP contribution in [0.5, 0.6) is 0 Å². The molecule has 0 bridgehead atoms.